The van der Waals surface area contributed by atoms with Crippen LogP contribution in [0.2, 0.25) is 0 Å². The van der Waals surface area contributed by atoms with E-state index in [1.165, 1.54) is 44.9 Å². The molecule has 2 saturated carbocycles. The van der Waals surface area contributed by atoms with Crippen LogP contribution in [0, 0.1) is 20.8 Å². The van der Waals surface area contributed by atoms with Crippen LogP contribution in [0.15, 0.2) is 30.3 Å². The third-order valence-electron chi connectivity index (χ3n) is 6.69. The zero-order valence-corrected chi connectivity index (χ0v) is 25.5. The fraction of sp³-hybridized carbons (Fsp3) is 0.714. The summed E-state index contributed by atoms with van der Waals surface area (Å²) < 4.78 is 13.3. The first-order chi connectivity index (χ1) is 13.5. The molecule has 188 valence electrons. The van der Waals surface area contributed by atoms with Gasteiger partial charge in [0.2, 0.25) is 0 Å². The molecule has 2 aliphatic carbocycles. The molecule has 32 heavy (non-hydrogen) atoms. The Hall–Kier alpha value is 0.399. The van der Waals surface area contributed by atoms with Crippen molar-refractivity contribution in [2.75, 3.05) is 0 Å². The topological polar surface area (TPSA) is 17.1 Å². The van der Waals surface area contributed by atoms with E-state index in [-0.39, 0.29) is 39.8 Å². The van der Waals surface area contributed by atoms with Crippen molar-refractivity contribution in [1.29, 1.82) is 0 Å². The molecule has 0 bridgehead atoms. The Labute approximate surface area is 214 Å². The third kappa shape index (κ3) is 9.95. The zero-order chi connectivity index (χ0) is 21.7. The maximum Gasteiger partial charge on any atom is 2.00 e. The van der Waals surface area contributed by atoms with Gasteiger partial charge in [-0.25, -0.2) is 0 Å². The molecule has 1 nitrogen and oxygen atoms in total. The van der Waals surface area contributed by atoms with Crippen molar-refractivity contribution in [3.8, 4) is 0 Å². The Morgan fingerprint density at radius 3 is 1.66 bits per heavy atom. The number of hydrogen-bond donors (Lipinski definition) is 0. The molecule has 2 aliphatic rings. The first-order valence-corrected chi connectivity index (χ1v) is 14.8. The van der Waals surface area contributed by atoms with E-state index in [9.17, 15) is 4.57 Å². The third-order valence-corrected chi connectivity index (χ3v) is 13.1. The Bertz CT molecular complexity index is 607. The average molecular weight is 523 g/mol. The van der Waals surface area contributed by atoms with Crippen LogP contribution < -0.4 is 5.30 Å². The van der Waals surface area contributed by atoms with Crippen molar-refractivity contribution >= 4 is 21.0 Å². The van der Waals surface area contributed by atoms with Gasteiger partial charge in [-0.2, -0.15) is 0 Å². The van der Waals surface area contributed by atoms with Gasteiger partial charge in [0, 0.05) is 11.0 Å². The molecule has 1 aromatic rings. The largest absolute Gasteiger partial charge is 2.00 e. The first kappa shape index (κ1) is 34.6. The van der Waals surface area contributed by atoms with Gasteiger partial charge in [0.25, 0.3) is 0 Å². The van der Waals surface area contributed by atoms with Crippen LogP contribution in [0.3, 0.4) is 0 Å². The monoisotopic (exact) mass is 522 g/mol. The van der Waals surface area contributed by atoms with Gasteiger partial charge in [0.05, 0.1) is 0 Å². The molecule has 4 heteroatoms. The molecule has 0 amide bonds. The molecule has 0 saturated heterocycles. The summed E-state index contributed by atoms with van der Waals surface area (Å²) >= 11 is 0. The minimum absolute atomic E-state index is 0. The summed E-state index contributed by atoms with van der Waals surface area (Å²) in [6, 6.07) is 10.2. The van der Waals surface area contributed by atoms with Gasteiger partial charge < -0.3 is 19.4 Å². The molecule has 0 spiro atoms. The Morgan fingerprint density at radius 2 is 1.25 bits per heavy atom. The SMILES string of the molecule is C1CCCC1.C[C@@H](C1CCCC1[P@@H](=O)c1ccccc1)P(C(C)(C)C)C(C)(C)C.[CH3-].[CH3-].[Fe+2]. The molecule has 0 heterocycles. The summed E-state index contributed by atoms with van der Waals surface area (Å²) in [6.07, 6.45) is 11.2. The van der Waals surface area contributed by atoms with E-state index < -0.39 is 7.80 Å². The minimum atomic E-state index is -1.70. The first-order valence-electron chi connectivity index (χ1n) is 11.9. The van der Waals surface area contributed by atoms with Gasteiger partial charge in [0.1, 0.15) is 7.80 Å². The van der Waals surface area contributed by atoms with E-state index in [1.54, 1.807) is 0 Å². The molecule has 1 aromatic carbocycles. The van der Waals surface area contributed by atoms with Crippen molar-refractivity contribution in [2.45, 2.75) is 121 Å². The molecule has 0 N–H and O–H groups in total. The smallest absolute Gasteiger partial charge is 0.358 e. The maximum absolute atomic E-state index is 13.3. The second-order valence-corrected chi connectivity index (χ2v) is 17.4. The molecular weight excluding hydrogens is 470 g/mol. The Balaban J connectivity index is 0. The molecule has 0 radical (unpaired) electrons. The average Bonchev–Trinajstić information content (AvgIpc) is 3.33. The van der Waals surface area contributed by atoms with E-state index in [1.807, 2.05) is 18.2 Å². The van der Waals surface area contributed by atoms with Gasteiger partial charge in [-0.05, 0) is 34.7 Å². The van der Waals surface area contributed by atoms with Crippen LogP contribution in [-0.2, 0) is 21.6 Å². The quantitative estimate of drug-likeness (QED) is 0.219. The number of hydrogen-bond acceptors (Lipinski definition) is 1. The van der Waals surface area contributed by atoms with Gasteiger partial charge in [-0.15, -0.1) is 0 Å². The van der Waals surface area contributed by atoms with Crippen molar-refractivity contribution < 1.29 is 21.6 Å². The van der Waals surface area contributed by atoms with Gasteiger partial charge in [-0.3, -0.25) is 0 Å². The zero-order valence-electron chi connectivity index (χ0n) is 22.5. The molecule has 3 rings (SSSR count). The summed E-state index contributed by atoms with van der Waals surface area (Å²) in [4.78, 5) is 0. The fourth-order valence-electron chi connectivity index (χ4n) is 6.01. The number of rotatable bonds is 4. The van der Waals surface area contributed by atoms with E-state index in [4.69, 9.17) is 0 Å². The molecule has 0 aromatic heterocycles. The normalized spacial score (nSPS) is 22.5. The molecule has 2 unspecified atom stereocenters. The van der Waals surface area contributed by atoms with E-state index in [2.05, 4.69) is 60.6 Å². The van der Waals surface area contributed by atoms with E-state index in [0.29, 0.717) is 27.5 Å². The van der Waals surface area contributed by atoms with Crippen molar-refractivity contribution in [3.63, 3.8) is 0 Å². The molecule has 0 aliphatic heterocycles. The van der Waals surface area contributed by atoms with Gasteiger partial charge in [-0.1, -0.05) is 125 Å². The predicted octanol–water partition coefficient (Wildman–Crippen LogP) is 9.36. The van der Waals surface area contributed by atoms with Crippen LogP contribution in [0.5, 0.6) is 0 Å². The predicted molar refractivity (Wildman–Crippen MR) is 148 cm³/mol. The van der Waals surface area contributed by atoms with Crippen molar-refractivity contribution in [1.82, 2.24) is 0 Å². The van der Waals surface area contributed by atoms with Crippen LogP contribution in [-0.4, -0.2) is 21.6 Å². The maximum atomic E-state index is 13.3. The molecule has 4 atom stereocenters. The Morgan fingerprint density at radius 1 is 0.812 bits per heavy atom. The summed E-state index contributed by atoms with van der Waals surface area (Å²) in [5.41, 5.74) is 1.08. The van der Waals surface area contributed by atoms with Gasteiger partial charge in [0.15, 0.2) is 0 Å². The summed E-state index contributed by atoms with van der Waals surface area (Å²) in [5.74, 6) is 0.626. The summed E-state index contributed by atoms with van der Waals surface area (Å²) in [5, 5.41) is 1.76. The van der Waals surface area contributed by atoms with Crippen LogP contribution in [0.1, 0.15) is 99.8 Å². The second-order valence-electron chi connectivity index (χ2n) is 11.2. The van der Waals surface area contributed by atoms with E-state index in [0.717, 1.165) is 11.7 Å². The van der Waals surface area contributed by atoms with Crippen LogP contribution >= 0.6 is 15.7 Å². The van der Waals surface area contributed by atoms with Crippen molar-refractivity contribution in [2.24, 2.45) is 5.92 Å². The second kappa shape index (κ2) is 15.4. The molecule has 2 fully saturated rings. The summed E-state index contributed by atoms with van der Waals surface area (Å²) in [7, 11) is -1.86. The number of benzene rings is 1. The summed E-state index contributed by atoms with van der Waals surface area (Å²) in [6.45, 7) is 16.9. The van der Waals surface area contributed by atoms with Crippen LogP contribution in [0.25, 0.3) is 0 Å². The van der Waals surface area contributed by atoms with Crippen molar-refractivity contribution in [3.05, 3.63) is 45.2 Å². The standard InChI is InChI=1S/C21H36OP2.C5H10.2CH3.Fe/c1-16(24(20(2,3)4)21(5,6)7)18-14-11-15-19(18)23(22)17-12-9-8-10-13-17;1-2-4-5-3-1;;;/h8-10,12-13,16,18-19,23H,11,14-15H2,1-7H3;1-5H2;2*1H3;/q;;2*-1;+2/t16-,18?,19?;;;;/m0..../s1. The van der Waals surface area contributed by atoms with E-state index >= 15 is 0 Å². The molecular formula is C28H52FeOP2. The minimum Gasteiger partial charge on any atom is -0.358 e. The fourth-order valence-corrected chi connectivity index (χ4v) is 13.6. The van der Waals surface area contributed by atoms with Gasteiger partial charge >= 0.3 is 17.1 Å². The Kier molecular flexibility index (Phi) is 16.6. The van der Waals surface area contributed by atoms with Crippen LogP contribution in [0.4, 0.5) is 0 Å².